The lowest BCUT2D eigenvalue weighted by atomic mass is 10.1. The van der Waals surface area contributed by atoms with Crippen LogP contribution in [0.5, 0.6) is 0 Å². The van der Waals surface area contributed by atoms with Crippen molar-refractivity contribution in [1.29, 1.82) is 0 Å². The molecular weight excluding hydrogens is 497 g/mol. The van der Waals surface area contributed by atoms with E-state index < -0.39 is 17.6 Å². The van der Waals surface area contributed by atoms with Crippen molar-refractivity contribution in [2.75, 3.05) is 25.5 Å². The van der Waals surface area contributed by atoms with Gasteiger partial charge in [0.05, 0.1) is 23.6 Å². The minimum absolute atomic E-state index is 0.0539. The highest BCUT2D eigenvalue weighted by atomic mass is 19.4. The van der Waals surface area contributed by atoms with Crippen molar-refractivity contribution < 1.29 is 18.0 Å². The van der Waals surface area contributed by atoms with Crippen LogP contribution in [0.1, 0.15) is 32.7 Å². The van der Waals surface area contributed by atoms with Gasteiger partial charge in [0.25, 0.3) is 5.91 Å². The number of benzene rings is 2. The molecule has 4 rings (SSSR count). The van der Waals surface area contributed by atoms with Crippen molar-refractivity contribution in [2.45, 2.75) is 26.6 Å². The molecule has 0 radical (unpaired) electrons. The fraction of sp³-hybridized carbons (Fsp3) is 0.308. The van der Waals surface area contributed by atoms with Gasteiger partial charge in [0.1, 0.15) is 5.69 Å². The molecule has 0 aliphatic heterocycles. The second-order valence-corrected chi connectivity index (χ2v) is 9.21. The third-order valence-corrected chi connectivity index (χ3v) is 6.26. The first-order chi connectivity index (χ1) is 18.0. The second-order valence-electron chi connectivity index (χ2n) is 9.21. The quantitative estimate of drug-likeness (QED) is 0.360. The molecule has 0 atom stereocenters. The summed E-state index contributed by atoms with van der Waals surface area (Å²) in [6.45, 7) is 4.94. The first-order valence-electron chi connectivity index (χ1n) is 11.9. The van der Waals surface area contributed by atoms with Gasteiger partial charge in [-0.3, -0.25) is 9.48 Å². The molecule has 1 amide bonds. The predicted octanol–water partition coefficient (Wildman–Crippen LogP) is 3.95. The molecule has 200 valence electrons. The summed E-state index contributed by atoms with van der Waals surface area (Å²) in [4.78, 5) is 14.9. The zero-order valence-corrected chi connectivity index (χ0v) is 21.5. The van der Waals surface area contributed by atoms with E-state index in [4.69, 9.17) is 5.73 Å². The maximum atomic E-state index is 13.6. The van der Waals surface area contributed by atoms with E-state index in [2.05, 4.69) is 20.7 Å². The Morgan fingerprint density at radius 3 is 2.58 bits per heavy atom. The Kier molecular flexibility index (Phi) is 7.65. The highest BCUT2D eigenvalue weighted by Crippen LogP contribution is 2.32. The van der Waals surface area contributed by atoms with Gasteiger partial charge in [-0.25, -0.2) is 4.68 Å². The van der Waals surface area contributed by atoms with Crippen LogP contribution in [0.15, 0.2) is 48.8 Å². The van der Waals surface area contributed by atoms with Gasteiger partial charge in [-0.05, 0) is 62.4 Å². The van der Waals surface area contributed by atoms with Gasteiger partial charge in [-0.2, -0.15) is 18.3 Å². The van der Waals surface area contributed by atoms with Gasteiger partial charge in [0.15, 0.2) is 0 Å². The topological polar surface area (TPSA) is 107 Å². The summed E-state index contributed by atoms with van der Waals surface area (Å²) in [5.41, 5.74) is 9.29. The van der Waals surface area contributed by atoms with Gasteiger partial charge >= 0.3 is 6.18 Å². The van der Waals surface area contributed by atoms with Gasteiger partial charge in [0, 0.05) is 49.2 Å². The van der Waals surface area contributed by atoms with Crippen molar-refractivity contribution in [3.05, 3.63) is 76.7 Å². The molecule has 0 spiro atoms. The lowest BCUT2D eigenvalue weighted by molar-refractivity contribution is -0.137. The molecule has 2 heterocycles. The zero-order chi connectivity index (χ0) is 27.6. The average molecular weight is 527 g/mol. The molecule has 38 heavy (non-hydrogen) atoms. The third-order valence-electron chi connectivity index (χ3n) is 6.26. The van der Waals surface area contributed by atoms with E-state index in [-0.39, 0.29) is 17.8 Å². The number of hydrogen-bond donors (Lipinski definition) is 2. The van der Waals surface area contributed by atoms with E-state index in [1.165, 1.54) is 6.07 Å². The fourth-order valence-corrected chi connectivity index (χ4v) is 4.09. The monoisotopic (exact) mass is 526 g/mol. The average Bonchev–Trinajstić information content (AvgIpc) is 3.45. The number of aryl methyl sites for hydroxylation is 2. The number of aromatic nitrogens is 5. The van der Waals surface area contributed by atoms with Gasteiger partial charge < -0.3 is 16.0 Å². The zero-order valence-electron chi connectivity index (χ0n) is 21.5. The number of carbonyl (C=O) groups excluding carboxylic acids is 1. The number of nitrogens with one attached hydrogen (secondary N) is 1. The molecule has 9 nitrogen and oxygen atoms in total. The molecule has 3 N–H and O–H groups in total. The summed E-state index contributed by atoms with van der Waals surface area (Å²) in [5.74, 6) is -0.546. The molecule has 0 saturated carbocycles. The summed E-state index contributed by atoms with van der Waals surface area (Å²) < 4.78 is 44.0. The second kappa shape index (κ2) is 10.8. The summed E-state index contributed by atoms with van der Waals surface area (Å²) in [7, 11) is 3.60. The molecule has 0 fully saturated rings. The lowest BCUT2D eigenvalue weighted by Gasteiger charge is -2.18. The highest BCUT2D eigenvalue weighted by Gasteiger charge is 2.31. The largest absolute Gasteiger partial charge is 0.416 e. The minimum atomic E-state index is -4.56. The maximum Gasteiger partial charge on any atom is 0.416 e. The Balaban J connectivity index is 1.61. The number of amides is 1. The van der Waals surface area contributed by atoms with Crippen LogP contribution in [-0.2, 0) is 19.8 Å². The van der Waals surface area contributed by atoms with Crippen LogP contribution in [0.4, 0.5) is 18.9 Å². The van der Waals surface area contributed by atoms with Crippen molar-refractivity contribution in [3.8, 4) is 16.9 Å². The molecule has 0 aliphatic carbocycles. The Morgan fingerprint density at radius 2 is 1.92 bits per heavy atom. The molecule has 0 unspecified atom stereocenters. The summed E-state index contributed by atoms with van der Waals surface area (Å²) >= 11 is 0. The maximum absolute atomic E-state index is 13.6. The van der Waals surface area contributed by atoms with Crippen molar-refractivity contribution >= 4 is 11.6 Å². The van der Waals surface area contributed by atoms with E-state index in [0.29, 0.717) is 30.0 Å². The number of rotatable bonds is 8. The smallest absolute Gasteiger partial charge is 0.329 e. The molecule has 12 heteroatoms. The Bertz CT molecular complexity index is 1460. The summed E-state index contributed by atoms with van der Waals surface area (Å²) in [6.07, 6.45) is -1.11. The first-order valence-corrected chi connectivity index (χ1v) is 11.9. The van der Waals surface area contributed by atoms with Crippen LogP contribution in [0.25, 0.3) is 16.9 Å². The number of nitrogens with two attached hydrogens (primary N) is 1. The number of anilines is 1. The van der Waals surface area contributed by atoms with E-state index in [1.54, 1.807) is 47.0 Å². The van der Waals surface area contributed by atoms with Crippen LogP contribution in [0, 0.1) is 13.8 Å². The molecule has 2 aromatic carbocycles. The van der Waals surface area contributed by atoms with Gasteiger partial charge in [-0.1, -0.05) is 11.3 Å². The van der Waals surface area contributed by atoms with Crippen LogP contribution in [-0.4, -0.2) is 55.7 Å². The molecule has 4 aromatic rings. The van der Waals surface area contributed by atoms with Gasteiger partial charge in [0.2, 0.25) is 0 Å². The van der Waals surface area contributed by atoms with Crippen molar-refractivity contribution in [3.63, 3.8) is 0 Å². The number of carbonyl (C=O) groups is 1. The first kappa shape index (κ1) is 27.0. The number of halogens is 3. The van der Waals surface area contributed by atoms with Crippen LogP contribution >= 0.6 is 0 Å². The third kappa shape index (κ3) is 5.92. The fourth-order valence-electron chi connectivity index (χ4n) is 4.09. The van der Waals surface area contributed by atoms with E-state index in [0.717, 1.165) is 29.0 Å². The van der Waals surface area contributed by atoms with Crippen molar-refractivity contribution in [1.82, 2.24) is 29.7 Å². The highest BCUT2D eigenvalue weighted by molar-refractivity contribution is 6.04. The molecule has 0 aliphatic rings. The van der Waals surface area contributed by atoms with Crippen LogP contribution in [0.3, 0.4) is 0 Å². The van der Waals surface area contributed by atoms with Gasteiger partial charge in [-0.15, -0.1) is 5.10 Å². The number of alkyl halides is 3. The molecule has 0 saturated heterocycles. The SMILES string of the molecule is Cc1ccc(C(=O)Nc2cc(CN(C)CCN)cc(C(F)(F)F)c2)cc1-n1cc(-c2cnn(C)c2C)nn1. The molecule has 0 bridgehead atoms. The molecule has 2 aromatic heterocycles. The lowest BCUT2D eigenvalue weighted by Crippen LogP contribution is -2.25. The van der Waals surface area contributed by atoms with E-state index >= 15 is 0 Å². The number of hydrogen-bond acceptors (Lipinski definition) is 6. The van der Waals surface area contributed by atoms with Crippen LogP contribution < -0.4 is 11.1 Å². The normalized spacial score (nSPS) is 11.8. The summed E-state index contributed by atoms with van der Waals surface area (Å²) in [6, 6.07) is 8.54. The van der Waals surface area contributed by atoms with Crippen molar-refractivity contribution in [2.24, 2.45) is 12.8 Å². The van der Waals surface area contributed by atoms with Crippen LogP contribution in [0.2, 0.25) is 0 Å². The van der Waals surface area contributed by atoms with E-state index in [1.807, 2.05) is 25.8 Å². The predicted molar refractivity (Wildman–Crippen MR) is 138 cm³/mol. The number of nitrogens with zero attached hydrogens (tertiary/aromatic N) is 6. The molecular formula is C26H29F3N8O. The Morgan fingerprint density at radius 1 is 1.16 bits per heavy atom. The standard InChI is InChI=1S/C26H29F3N8O/c1-16-5-6-19(11-24(16)37-15-23(33-34-37)22-13-31-36(4)17(22)2)25(38)32-21-10-18(14-35(3)8-7-30)9-20(12-21)26(27,28)29/h5-6,9-13,15H,7-8,14,30H2,1-4H3,(H,32,38). The Labute approximate surface area is 218 Å². The number of likely N-dealkylation sites (N-methyl/N-ethyl adjacent to an activating group) is 1. The van der Waals surface area contributed by atoms with E-state index in [9.17, 15) is 18.0 Å². The minimum Gasteiger partial charge on any atom is -0.329 e. The Hall–Kier alpha value is -4.03. The summed E-state index contributed by atoms with van der Waals surface area (Å²) in [5, 5.41) is 15.3.